The molecule has 3 N–H and O–H groups in total. The molecule has 0 fully saturated rings. The average molecular weight is 476 g/mol. The number of aromatic nitrogens is 1. The van der Waals surface area contributed by atoms with Gasteiger partial charge in [-0.3, -0.25) is 4.79 Å². The van der Waals surface area contributed by atoms with Gasteiger partial charge in [-0.05, 0) is 62.7 Å². The van der Waals surface area contributed by atoms with Crippen LogP contribution in [-0.2, 0) is 10.0 Å². The highest BCUT2D eigenvalue weighted by Crippen LogP contribution is 2.24. The van der Waals surface area contributed by atoms with Gasteiger partial charge in [-0.15, -0.1) is 0 Å². The lowest BCUT2D eigenvalue weighted by Gasteiger charge is -2.15. The van der Waals surface area contributed by atoms with Crippen molar-refractivity contribution in [3.05, 3.63) is 81.6 Å². The third-order valence-corrected chi connectivity index (χ3v) is 6.22. The number of nitrogens with zero attached hydrogens (tertiary/aromatic N) is 1. The monoisotopic (exact) mass is 475 g/mol. The van der Waals surface area contributed by atoms with Gasteiger partial charge in [-0.1, -0.05) is 34.1 Å². The lowest BCUT2D eigenvalue weighted by molar-refractivity contribution is 0.0939. The quantitative estimate of drug-likeness (QED) is 0.583. The SMILES string of the molecule is Cc1cc(C(=O)NC(C)c2ccc(S(N)(=O)=O)cc2)c(C)n1-c1cccc(Br)c1. The number of nitrogens with one attached hydrogen (secondary N) is 1. The van der Waals surface area contributed by atoms with Gasteiger partial charge in [0, 0.05) is 21.5 Å². The van der Waals surface area contributed by atoms with Crippen LogP contribution in [-0.4, -0.2) is 18.9 Å². The van der Waals surface area contributed by atoms with Gasteiger partial charge in [0.05, 0.1) is 16.5 Å². The van der Waals surface area contributed by atoms with E-state index < -0.39 is 10.0 Å². The minimum atomic E-state index is -3.74. The number of halogens is 1. The van der Waals surface area contributed by atoms with Gasteiger partial charge in [-0.25, -0.2) is 13.6 Å². The van der Waals surface area contributed by atoms with Gasteiger partial charge in [0.2, 0.25) is 10.0 Å². The number of benzene rings is 2. The topological polar surface area (TPSA) is 94.2 Å². The summed E-state index contributed by atoms with van der Waals surface area (Å²) in [5.41, 5.74) is 4.15. The molecule has 0 aliphatic heterocycles. The van der Waals surface area contributed by atoms with E-state index in [2.05, 4.69) is 21.2 Å². The molecule has 152 valence electrons. The molecule has 3 rings (SSSR count). The summed E-state index contributed by atoms with van der Waals surface area (Å²) in [7, 11) is -3.74. The number of carbonyl (C=O) groups is 1. The van der Waals surface area contributed by atoms with Gasteiger partial charge in [0.25, 0.3) is 5.91 Å². The van der Waals surface area contributed by atoms with Gasteiger partial charge < -0.3 is 9.88 Å². The molecule has 0 aliphatic rings. The van der Waals surface area contributed by atoms with Crippen LogP contribution in [0, 0.1) is 13.8 Å². The van der Waals surface area contributed by atoms with Crippen LogP contribution >= 0.6 is 15.9 Å². The maximum atomic E-state index is 12.9. The average Bonchev–Trinajstić information content (AvgIpc) is 2.95. The number of amides is 1. The van der Waals surface area contributed by atoms with Crippen molar-refractivity contribution in [2.24, 2.45) is 5.14 Å². The maximum absolute atomic E-state index is 12.9. The fourth-order valence-electron chi connectivity index (χ4n) is 3.31. The van der Waals surface area contributed by atoms with Crippen LogP contribution in [0.25, 0.3) is 5.69 Å². The molecule has 1 unspecified atom stereocenters. The molecule has 6 nitrogen and oxygen atoms in total. The molecule has 0 saturated heterocycles. The number of carbonyl (C=O) groups excluding carboxylic acids is 1. The highest BCUT2D eigenvalue weighted by atomic mass is 79.9. The van der Waals surface area contributed by atoms with Gasteiger partial charge in [-0.2, -0.15) is 0 Å². The third-order valence-electron chi connectivity index (χ3n) is 4.80. The van der Waals surface area contributed by atoms with Crippen molar-refractivity contribution in [1.29, 1.82) is 0 Å². The van der Waals surface area contributed by atoms with Crippen LogP contribution in [0.1, 0.15) is 40.3 Å². The Labute approximate surface area is 178 Å². The summed E-state index contributed by atoms with van der Waals surface area (Å²) in [6.07, 6.45) is 0. The Morgan fingerprint density at radius 1 is 1.10 bits per heavy atom. The molecule has 0 spiro atoms. The minimum absolute atomic E-state index is 0.0392. The Morgan fingerprint density at radius 2 is 1.76 bits per heavy atom. The number of primary sulfonamides is 1. The molecule has 8 heteroatoms. The first-order valence-electron chi connectivity index (χ1n) is 8.96. The van der Waals surface area contributed by atoms with Crippen molar-refractivity contribution in [3.63, 3.8) is 0 Å². The molecule has 0 saturated carbocycles. The van der Waals surface area contributed by atoms with E-state index in [1.165, 1.54) is 12.1 Å². The van der Waals surface area contributed by atoms with Crippen LogP contribution in [0.4, 0.5) is 0 Å². The Hall–Kier alpha value is -2.42. The molecule has 0 bridgehead atoms. The molecular formula is C21H22BrN3O3S. The summed E-state index contributed by atoms with van der Waals surface area (Å²) < 4.78 is 25.8. The van der Waals surface area contributed by atoms with E-state index >= 15 is 0 Å². The highest BCUT2D eigenvalue weighted by molar-refractivity contribution is 9.10. The summed E-state index contributed by atoms with van der Waals surface area (Å²) in [6.45, 7) is 5.71. The number of aryl methyl sites for hydroxylation is 1. The molecule has 1 amide bonds. The van der Waals surface area contributed by atoms with Crippen LogP contribution < -0.4 is 10.5 Å². The Balaban J connectivity index is 1.83. The Kier molecular flexibility index (Phi) is 5.97. The predicted octanol–water partition coefficient (Wildman–Crippen LogP) is 4.00. The van der Waals surface area contributed by atoms with E-state index in [9.17, 15) is 13.2 Å². The standard InChI is InChI=1S/C21H22BrN3O3S/c1-13-11-20(15(3)25(13)18-6-4-5-17(22)12-18)21(26)24-14(2)16-7-9-19(10-8-16)29(23,27)28/h4-12,14H,1-3H3,(H,24,26)(H2,23,27,28). The normalized spacial score (nSPS) is 12.6. The number of nitrogens with two attached hydrogens (primary N) is 1. The number of rotatable bonds is 5. The lowest BCUT2D eigenvalue weighted by Crippen LogP contribution is -2.27. The Morgan fingerprint density at radius 3 is 2.34 bits per heavy atom. The number of hydrogen-bond donors (Lipinski definition) is 2. The van der Waals surface area contributed by atoms with E-state index in [0.29, 0.717) is 5.56 Å². The van der Waals surface area contributed by atoms with E-state index in [4.69, 9.17) is 5.14 Å². The van der Waals surface area contributed by atoms with Gasteiger partial charge >= 0.3 is 0 Å². The summed E-state index contributed by atoms with van der Waals surface area (Å²) in [5.74, 6) is -0.192. The second-order valence-electron chi connectivity index (χ2n) is 6.91. The summed E-state index contributed by atoms with van der Waals surface area (Å²) in [4.78, 5) is 12.9. The van der Waals surface area contributed by atoms with Crippen molar-refractivity contribution in [3.8, 4) is 5.69 Å². The third kappa shape index (κ3) is 4.60. The minimum Gasteiger partial charge on any atom is -0.345 e. The Bertz CT molecular complexity index is 1170. The smallest absolute Gasteiger partial charge is 0.253 e. The van der Waals surface area contributed by atoms with Gasteiger partial charge in [0.15, 0.2) is 0 Å². The van der Waals surface area contributed by atoms with Crippen molar-refractivity contribution < 1.29 is 13.2 Å². The van der Waals surface area contributed by atoms with Crippen molar-refractivity contribution in [1.82, 2.24) is 9.88 Å². The summed E-state index contributed by atoms with van der Waals surface area (Å²) >= 11 is 3.48. The first-order chi connectivity index (χ1) is 13.6. The predicted molar refractivity (Wildman–Crippen MR) is 117 cm³/mol. The van der Waals surface area contributed by atoms with Crippen molar-refractivity contribution in [2.45, 2.75) is 31.7 Å². The molecule has 29 heavy (non-hydrogen) atoms. The molecule has 1 atom stereocenters. The fraction of sp³-hybridized carbons (Fsp3) is 0.190. The number of hydrogen-bond acceptors (Lipinski definition) is 3. The first kappa shape index (κ1) is 21.3. The maximum Gasteiger partial charge on any atom is 0.253 e. The molecule has 3 aromatic rings. The second-order valence-corrected chi connectivity index (χ2v) is 9.39. The molecule has 1 heterocycles. The van der Waals surface area contributed by atoms with Crippen LogP contribution in [0.15, 0.2) is 64.0 Å². The number of sulfonamides is 1. The summed E-state index contributed by atoms with van der Waals surface area (Å²) in [6, 6.07) is 15.6. The van der Waals surface area contributed by atoms with Crippen LogP contribution in [0.3, 0.4) is 0 Å². The largest absolute Gasteiger partial charge is 0.345 e. The zero-order valence-corrected chi connectivity index (χ0v) is 18.7. The second kappa shape index (κ2) is 8.14. The molecule has 2 aromatic carbocycles. The van der Waals surface area contributed by atoms with E-state index in [1.807, 2.05) is 55.7 Å². The van der Waals surface area contributed by atoms with E-state index in [-0.39, 0.29) is 16.8 Å². The highest BCUT2D eigenvalue weighted by Gasteiger charge is 2.19. The van der Waals surface area contributed by atoms with Crippen LogP contribution in [0.5, 0.6) is 0 Å². The zero-order chi connectivity index (χ0) is 21.3. The zero-order valence-electron chi connectivity index (χ0n) is 16.3. The van der Waals surface area contributed by atoms with E-state index in [0.717, 1.165) is 27.1 Å². The first-order valence-corrected chi connectivity index (χ1v) is 11.3. The van der Waals surface area contributed by atoms with Crippen LogP contribution in [0.2, 0.25) is 0 Å². The van der Waals surface area contributed by atoms with E-state index in [1.54, 1.807) is 12.1 Å². The molecule has 1 aromatic heterocycles. The molecular weight excluding hydrogens is 454 g/mol. The summed E-state index contributed by atoms with van der Waals surface area (Å²) in [5, 5.41) is 8.10. The molecule has 0 aliphatic carbocycles. The van der Waals surface area contributed by atoms with Gasteiger partial charge in [0.1, 0.15) is 0 Å². The van der Waals surface area contributed by atoms with Crippen molar-refractivity contribution >= 4 is 31.9 Å². The fourth-order valence-corrected chi connectivity index (χ4v) is 4.21. The molecule has 0 radical (unpaired) electrons. The lowest BCUT2D eigenvalue weighted by atomic mass is 10.1. The van der Waals surface area contributed by atoms with Crippen molar-refractivity contribution in [2.75, 3.05) is 0 Å².